The highest BCUT2D eigenvalue weighted by molar-refractivity contribution is 5.80. The van der Waals surface area contributed by atoms with Gasteiger partial charge in [0.1, 0.15) is 23.9 Å². The van der Waals surface area contributed by atoms with Crippen molar-refractivity contribution in [3.8, 4) is 17.2 Å². The third-order valence-electron chi connectivity index (χ3n) is 3.61. The molecule has 0 aliphatic carbocycles. The van der Waals surface area contributed by atoms with Gasteiger partial charge < -0.3 is 19.5 Å². The van der Waals surface area contributed by atoms with E-state index in [-0.39, 0.29) is 5.91 Å². The number of hydrogen-bond acceptors (Lipinski definition) is 4. The van der Waals surface area contributed by atoms with Gasteiger partial charge in [0.15, 0.2) is 6.10 Å². The smallest absolute Gasteiger partial charge is 0.260 e. The number of carbonyl (C=O) groups excluding carboxylic acids is 1. The Morgan fingerprint density at radius 3 is 2.20 bits per heavy atom. The maximum Gasteiger partial charge on any atom is 0.260 e. The standard InChI is InChI=1S/C20H25NO4/c1-14-11-15(2)13-19(12-14)25-16(3)20(22)21-9-10-24-18-7-5-17(23-4)6-8-18/h5-8,11-13,16H,9-10H2,1-4H3,(H,21,22)/t16-/m0/s1. The van der Waals surface area contributed by atoms with Gasteiger partial charge in [-0.3, -0.25) is 4.79 Å². The van der Waals surface area contributed by atoms with E-state index in [4.69, 9.17) is 14.2 Å². The van der Waals surface area contributed by atoms with Crippen molar-refractivity contribution in [1.29, 1.82) is 0 Å². The third kappa shape index (κ3) is 6.03. The second-order valence-electron chi connectivity index (χ2n) is 5.90. The summed E-state index contributed by atoms with van der Waals surface area (Å²) in [6.45, 7) is 6.53. The first kappa shape index (κ1) is 18.6. The molecule has 134 valence electrons. The first-order valence-corrected chi connectivity index (χ1v) is 8.27. The van der Waals surface area contributed by atoms with Crippen molar-refractivity contribution in [1.82, 2.24) is 5.32 Å². The van der Waals surface area contributed by atoms with E-state index < -0.39 is 6.10 Å². The Balaban J connectivity index is 1.73. The van der Waals surface area contributed by atoms with Crippen LogP contribution in [0.5, 0.6) is 17.2 Å². The van der Waals surface area contributed by atoms with E-state index in [2.05, 4.69) is 11.4 Å². The molecular weight excluding hydrogens is 318 g/mol. The van der Waals surface area contributed by atoms with Crippen LogP contribution in [0.4, 0.5) is 0 Å². The van der Waals surface area contributed by atoms with Crippen LogP contribution in [-0.2, 0) is 4.79 Å². The molecule has 0 heterocycles. The van der Waals surface area contributed by atoms with Gasteiger partial charge in [-0.15, -0.1) is 0 Å². The Labute approximate surface area is 148 Å². The van der Waals surface area contributed by atoms with Gasteiger partial charge in [0.2, 0.25) is 0 Å². The van der Waals surface area contributed by atoms with Crippen LogP contribution in [0.25, 0.3) is 0 Å². The monoisotopic (exact) mass is 343 g/mol. The molecule has 1 atom stereocenters. The molecule has 0 aromatic heterocycles. The largest absolute Gasteiger partial charge is 0.497 e. The molecule has 0 bridgehead atoms. The van der Waals surface area contributed by atoms with E-state index in [1.165, 1.54) is 0 Å². The molecule has 0 radical (unpaired) electrons. The average molecular weight is 343 g/mol. The highest BCUT2D eigenvalue weighted by Gasteiger charge is 2.14. The summed E-state index contributed by atoms with van der Waals surface area (Å²) in [7, 11) is 1.62. The molecular formula is C20H25NO4. The number of benzene rings is 2. The second-order valence-corrected chi connectivity index (χ2v) is 5.90. The summed E-state index contributed by atoms with van der Waals surface area (Å²) in [5, 5.41) is 2.81. The first-order chi connectivity index (χ1) is 12.0. The fourth-order valence-corrected chi connectivity index (χ4v) is 2.42. The average Bonchev–Trinajstić information content (AvgIpc) is 2.58. The second kappa shape index (κ2) is 8.97. The summed E-state index contributed by atoms with van der Waals surface area (Å²) < 4.78 is 16.4. The van der Waals surface area contributed by atoms with Crippen molar-refractivity contribution < 1.29 is 19.0 Å². The van der Waals surface area contributed by atoms with Gasteiger partial charge in [-0.1, -0.05) is 6.07 Å². The Kier molecular flexibility index (Phi) is 6.69. The minimum Gasteiger partial charge on any atom is -0.497 e. The van der Waals surface area contributed by atoms with E-state index in [0.29, 0.717) is 18.9 Å². The molecule has 5 heteroatoms. The first-order valence-electron chi connectivity index (χ1n) is 8.27. The van der Waals surface area contributed by atoms with Gasteiger partial charge in [-0.2, -0.15) is 0 Å². The maximum atomic E-state index is 12.1. The maximum absolute atomic E-state index is 12.1. The number of ether oxygens (including phenoxy) is 3. The molecule has 2 aromatic carbocycles. The molecule has 1 amide bonds. The van der Waals surface area contributed by atoms with E-state index in [1.54, 1.807) is 14.0 Å². The van der Waals surface area contributed by atoms with Crippen LogP contribution in [0.3, 0.4) is 0 Å². The Bertz CT molecular complexity index is 677. The van der Waals surface area contributed by atoms with Crippen LogP contribution in [0.15, 0.2) is 42.5 Å². The van der Waals surface area contributed by atoms with Crippen LogP contribution in [0.2, 0.25) is 0 Å². The van der Waals surface area contributed by atoms with E-state index in [9.17, 15) is 4.79 Å². The molecule has 2 rings (SSSR count). The van der Waals surface area contributed by atoms with Gasteiger partial charge in [-0.25, -0.2) is 0 Å². The SMILES string of the molecule is COc1ccc(OCCNC(=O)[C@H](C)Oc2cc(C)cc(C)c2)cc1. The predicted octanol–water partition coefficient (Wildman–Crippen LogP) is 3.27. The lowest BCUT2D eigenvalue weighted by Gasteiger charge is -2.16. The quantitative estimate of drug-likeness (QED) is 0.748. The summed E-state index contributed by atoms with van der Waals surface area (Å²) in [6.07, 6.45) is -0.567. The zero-order valence-electron chi connectivity index (χ0n) is 15.2. The van der Waals surface area contributed by atoms with Crippen molar-refractivity contribution in [3.05, 3.63) is 53.6 Å². The molecule has 0 saturated heterocycles. The van der Waals surface area contributed by atoms with Crippen LogP contribution in [-0.4, -0.2) is 32.3 Å². The van der Waals surface area contributed by atoms with Crippen LogP contribution >= 0.6 is 0 Å². The van der Waals surface area contributed by atoms with Crippen LogP contribution < -0.4 is 19.5 Å². The van der Waals surface area contributed by atoms with E-state index >= 15 is 0 Å². The lowest BCUT2D eigenvalue weighted by molar-refractivity contribution is -0.127. The summed E-state index contributed by atoms with van der Waals surface area (Å²) in [5.41, 5.74) is 2.21. The van der Waals surface area contributed by atoms with Gasteiger partial charge in [0.05, 0.1) is 13.7 Å². The molecule has 2 aromatic rings. The van der Waals surface area contributed by atoms with Gasteiger partial charge in [-0.05, 0) is 68.3 Å². The molecule has 0 aliphatic rings. The minimum absolute atomic E-state index is 0.169. The summed E-state index contributed by atoms with van der Waals surface area (Å²) in [5.74, 6) is 2.04. The van der Waals surface area contributed by atoms with E-state index in [1.807, 2.05) is 50.2 Å². The highest BCUT2D eigenvalue weighted by atomic mass is 16.5. The Morgan fingerprint density at radius 2 is 1.60 bits per heavy atom. The van der Waals surface area contributed by atoms with Gasteiger partial charge in [0, 0.05) is 0 Å². The number of carbonyl (C=O) groups is 1. The number of aryl methyl sites for hydroxylation is 2. The number of amides is 1. The topological polar surface area (TPSA) is 56.8 Å². The van der Waals surface area contributed by atoms with Crippen molar-refractivity contribution in [2.24, 2.45) is 0 Å². The van der Waals surface area contributed by atoms with Crippen LogP contribution in [0, 0.1) is 13.8 Å². The van der Waals surface area contributed by atoms with Crippen molar-refractivity contribution >= 4 is 5.91 Å². The fraction of sp³-hybridized carbons (Fsp3) is 0.350. The minimum atomic E-state index is -0.567. The number of rotatable bonds is 8. The number of nitrogens with one attached hydrogen (secondary N) is 1. The van der Waals surface area contributed by atoms with Crippen molar-refractivity contribution in [3.63, 3.8) is 0 Å². The fourth-order valence-electron chi connectivity index (χ4n) is 2.42. The molecule has 0 fully saturated rings. The lowest BCUT2D eigenvalue weighted by Crippen LogP contribution is -2.38. The molecule has 0 unspecified atom stereocenters. The van der Waals surface area contributed by atoms with Gasteiger partial charge >= 0.3 is 0 Å². The normalized spacial score (nSPS) is 11.5. The Hall–Kier alpha value is -2.69. The van der Waals surface area contributed by atoms with Crippen molar-refractivity contribution in [2.45, 2.75) is 26.9 Å². The van der Waals surface area contributed by atoms with Crippen molar-refractivity contribution in [2.75, 3.05) is 20.3 Å². The molecule has 0 saturated carbocycles. The molecule has 1 N–H and O–H groups in total. The van der Waals surface area contributed by atoms with Gasteiger partial charge in [0.25, 0.3) is 5.91 Å². The molecule has 0 aliphatic heterocycles. The van der Waals surface area contributed by atoms with Crippen LogP contribution in [0.1, 0.15) is 18.1 Å². The van der Waals surface area contributed by atoms with E-state index in [0.717, 1.165) is 22.6 Å². The molecule has 5 nitrogen and oxygen atoms in total. The zero-order valence-corrected chi connectivity index (χ0v) is 15.2. The summed E-state index contributed by atoms with van der Waals surface area (Å²) in [6, 6.07) is 13.2. The molecule has 0 spiro atoms. The third-order valence-corrected chi connectivity index (χ3v) is 3.61. The molecule has 25 heavy (non-hydrogen) atoms. The zero-order chi connectivity index (χ0) is 18.2. The predicted molar refractivity (Wildman–Crippen MR) is 97.5 cm³/mol. The highest BCUT2D eigenvalue weighted by Crippen LogP contribution is 2.18. The summed E-state index contributed by atoms with van der Waals surface area (Å²) in [4.78, 5) is 12.1. The summed E-state index contributed by atoms with van der Waals surface area (Å²) >= 11 is 0. The Morgan fingerprint density at radius 1 is 1.00 bits per heavy atom. The number of hydrogen-bond donors (Lipinski definition) is 1. The lowest BCUT2D eigenvalue weighted by atomic mass is 10.1. The number of methoxy groups -OCH3 is 1.